The smallest absolute Gasteiger partial charge is 0.271 e. The van der Waals surface area contributed by atoms with Gasteiger partial charge in [0.15, 0.2) is 0 Å². The number of carbonyl (C=O) groups is 1. The van der Waals surface area contributed by atoms with Crippen molar-refractivity contribution in [2.75, 3.05) is 12.4 Å². The van der Waals surface area contributed by atoms with Crippen molar-refractivity contribution in [3.05, 3.63) is 64.0 Å². The van der Waals surface area contributed by atoms with Gasteiger partial charge >= 0.3 is 0 Å². The van der Waals surface area contributed by atoms with Gasteiger partial charge in [-0.25, -0.2) is 4.39 Å². The van der Waals surface area contributed by atoms with E-state index in [-0.39, 0.29) is 17.8 Å². The van der Waals surface area contributed by atoms with E-state index in [2.05, 4.69) is 5.32 Å². The minimum atomic E-state index is -0.714. The normalized spacial score (nSPS) is 10.2. The first-order valence-electron chi connectivity index (χ1n) is 6.86. The number of aryl methyl sites for hydroxylation is 1. The van der Waals surface area contributed by atoms with Crippen LogP contribution in [0.2, 0.25) is 0 Å². The Morgan fingerprint density at radius 3 is 2.57 bits per heavy atom. The summed E-state index contributed by atoms with van der Waals surface area (Å²) in [6.07, 6.45) is 0.598. The van der Waals surface area contributed by atoms with Crippen LogP contribution in [0.1, 0.15) is 12.0 Å². The highest BCUT2D eigenvalue weighted by Gasteiger charge is 2.13. The number of carbonyl (C=O) groups excluding carboxylic acids is 1. The fourth-order valence-corrected chi connectivity index (χ4v) is 1.99. The average Bonchev–Trinajstić information content (AvgIpc) is 2.55. The number of anilines is 1. The predicted molar refractivity (Wildman–Crippen MR) is 83.0 cm³/mol. The molecule has 0 aliphatic rings. The molecule has 0 aromatic heterocycles. The highest BCUT2D eigenvalue weighted by atomic mass is 19.1. The molecule has 0 unspecified atom stereocenters. The monoisotopic (exact) mass is 318 g/mol. The number of ether oxygens (including phenoxy) is 1. The van der Waals surface area contributed by atoms with Gasteiger partial charge in [0.2, 0.25) is 5.91 Å². The molecule has 0 spiro atoms. The second-order valence-electron chi connectivity index (χ2n) is 4.82. The van der Waals surface area contributed by atoms with Crippen LogP contribution in [0, 0.1) is 15.9 Å². The highest BCUT2D eigenvalue weighted by Crippen LogP contribution is 2.21. The number of benzene rings is 2. The predicted octanol–water partition coefficient (Wildman–Crippen LogP) is 3.31. The van der Waals surface area contributed by atoms with Crippen molar-refractivity contribution in [1.29, 1.82) is 0 Å². The molecule has 0 atom stereocenters. The van der Waals surface area contributed by atoms with Crippen LogP contribution in [0.3, 0.4) is 0 Å². The van der Waals surface area contributed by atoms with E-state index in [1.807, 2.05) is 12.1 Å². The fourth-order valence-electron chi connectivity index (χ4n) is 1.99. The van der Waals surface area contributed by atoms with Crippen LogP contribution in [0.25, 0.3) is 0 Å². The Balaban J connectivity index is 1.96. The molecule has 6 nitrogen and oxygen atoms in total. The number of hydrogen-bond acceptors (Lipinski definition) is 4. The number of rotatable bonds is 6. The summed E-state index contributed by atoms with van der Waals surface area (Å²) in [6, 6.07) is 10.2. The molecule has 2 aromatic rings. The molecule has 23 heavy (non-hydrogen) atoms. The van der Waals surface area contributed by atoms with Crippen molar-refractivity contribution in [1.82, 2.24) is 0 Å². The summed E-state index contributed by atoms with van der Waals surface area (Å²) in [5, 5.41) is 13.0. The zero-order valence-electron chi connectivity index (χ0n) is 12.4. The van der Waals surface area contributed by atoms with Gasteiger partial charge in [-0.1, -0.05) is 12.1 Å². The van der Waals surface area contributed by atoms with E-state index < -0.39 is 16.6 Å². The molecule has 1 amide bonds. The second-order valence-corrected chi connectivity index (χ2v) is 4.82. The molecule has 2 rings (SSSR count). The van der Waals surface area contributed by atoms with Crippen LogP contribution in [0.4, 0.5) is 15.8 Å². The van der Waals surface area contributed by atoms with Gasteiger partial charge in [0.05, 0.1) is 17.7 Å². The second kappa shape index (κ2) is 7.35. The van der Waals surface area contributed by atoms with E-state index in [4.69, 9.17) is 4.74 Å². The van der Waals surface area contributed by atoms with E-state index in [0.717, 1.165) is 29.5 Å². The number of nitro groups is 1. The molecule has 0 aliphatic heterocycles. The van der Waals surface area contributed by atoms with Gasteiger partial charge in [-0.05, 0) is 30.2 Å². The average molecular weight is 318 g/mol. The Bertz CT molecular complexity index is 717. The Kier molecular flexibility index (Phi) is 5.24. The molecule has 0 heterocycles. The maximum absolute atomic E-state index is 13.6. The molecule has 2 aromatic carbocycles. The lowest BCUT2D eigenvalue weighted by Gasteiger charge is -2.07. The molecule has 0 bridgehead atoms. The maximum atomic E-state index is 13.6. The number of nitro benzene ring substituents is 1. The van der Waals surface area contributed by atoms with Gasteiger partial charge < -0.3 is 10.1 Å². The van der Waals surface area contributed by atoms with E-state index in [1.54, 1.807) is 19.2 Å². The molecule has 0 aliphatic carbocycles. The molecular weight excluding hydrogens is 303 g/mol. The molecule has 0 radical (unpaired) electrons. The third-order valence-corrected chi connectivity index (χ3v) is 3.23. The lowest BCUT2D eigenvalue weighted by atomic mass is 10.1. The summed E-state index contributed by atoms with van der Waals surface area (Å²) in [4.78, 5) is 21.9. The molecule has 7 heteroatoms. The Morgan fingerprint density at radius 1 is 1.26 bits per heavy atom. The van der Waals surface area contributed by atoms with E-state index in [0.29, 0.717) is 6.42 Å². The van der Waals surface area contributed by atoms with Crippen LogP contribution >= 0.6 is 0 Å². The van der Waals surface area contributed by atoms with Crippen LogP contribution in [-0.2, 0) is 11.2 Å². The van der Waals surface area contributed by atoms with Gasteiger partial charge in [-0.15, -0.1) is 0 Å². The Labute approximate surface area is 132 Å². The van der Waals surface area contributed by atoms with Crippen molar-refractivity contribution >= 4 is 17.3 Å². The quantitative estimate of drug-likeness (QED) is 0.654. The first-order chi connectivity index (χ1) is 11.0. The lowest BCUT2D eigenvalue weighted by molar-refractivity contribution is -0.384. The van der Waals surface area contributed by atoms with Crippen molar-refractivity contribution in [3.63, 3.8) is 0 Å². The van der Waals surface area contributed by atoms with Crippen LogP contribution in [0.15, 0.2) is 42.5 Å². The number of halogens is 1. The van der Waals surface area contributed by atoms with E-state index >= 15 is 0 Å². The molecular formula is C16H15FN2O4. The summed E-state index contributed by atoms with van der Waals surface area (Å²) < 4.78 is 18.6. The number of amides is 1. The Morgan fingerprint density at radius 2 is 1.96 bits per heavy atom. The SMILES string of the molecule is COc1ccc(CCC(=O)Nc2cc([N+](=O)[O-])ccc2F)cc1. The van der Waals surface area contributed by atoms with E-state index in [1.165, 1.54) is 0 Å². The summed E-state index contributed by atoms with van der Waals surface area (Å²) >= 11 is 0. The Hall–Kier alpha value is -2.96. The fraction of sp³-hybridized carbons (Fsp3) is 0.188. The number of hydrogen-bond donors (Lipinski definition) is 1. The van der Waals surface area contributed by atoms with Gasteiger partial charge in [0.1, 0.15) is 11.6 Å². The first-order valence-corrected chi connectivity index (χ1v) is 6.86. The summed E-state index contributed by atoms with van der Waals surface area (Å²) in [5.74, 6) is -0.412. The summed E-state index contributed by atoms with van der Waals surface area (Å²) in [7, 11) is 1.57. The largest absolute Gasteiger partial charge is 0.497 e. The molecule has 0 saturated carbocycles. The molecule has 120 valence electrons. The van der Waals surface area contributed by atoms with E-state index in [9.17, 15) is 19.3 Å². The van der Waals surface area contributed by atoms with Crippen LogP contribution < -0.4 is 10.1 Å². The lowest BCUT2D eigenvalue weighted by Crippen LogP contribution is -2.13. The number of nitrogens with zero attached hydrogens (tertiary/aromatic N) is 1. The number of nitrogens with one attached hydrogen (secondary N) is 1. The number of methoxy groups -OCH3 is 1. The zero-order valence-corrected chi connectivity index (χ0v) is 12.4. The van der Waals surface area contributed by atoms with Crippen molar-refractivity contribution in [3.8, 4) is 5.75 Å². The topological polar surface area (TPSA) is 81.5 Å². The molecule has 1 N–H and O–H groups in total. The van der Waals surface area contributed by atoms with Crippen LogP contribution in [0.5, 0.6) is 5.75 Å². The third kappa shape index (κ3) is 4.50. The highest BCUT2D eigenvalue weighted by molar-refractivity contribution is 5.91. The molecule has 0 saturated heterocycles. The summed E-state index contributed by atoms with van der Waals surface area (Å²) in [5.41, 5.74) is 0.455. The standard InChI is InChI=1S/C16H15FN2O4/c1-23-13-6-2-11(3-7-13)4-9-16(20)18-15-10-12(19(21)22)5-8-14(15)17/h2-3,5-8,10H,4,9H2,1H3,(H,18,20). The van der Waals surface area contributed by atoms with Gasteiger partial charge in [-0.3, -0.25) is 14.9 Å². The summed E-state index contributed by atoms with van der Waals surface area (Å²) in [6.45, 7) is 0. The van der Waals surface area contributed by atoms with Crippen molar-refractivity contribution in [2.45, 2.75) is 12.8 Å². The zero-order chi connectivity index (χ0) is 16.8. The minimum Gasteiger partial charge on any atom is -0.497 e. The molecule has 0 fully saturated rings. The maximum Gasteiger partial charge on any atom is 0.271 e. The van der Waals surface area contributed by atoms with Gasteiger partial charge in [-0.2, -0.15) is 0 Å². The minimum absolute atomic E-state index is 0.133. The van der Waals surface area contributed by atoms with Crippen molar-refractivity contribution < 1.29 is 18.8 Å². The van der Waals surface area contributed by atoms with Gasteiger partial charge in [0.25, 0.3) is 5.69 Å². The third-order valence-electron chi connectivity index (χ3n) is 3.23. The van der Waals surface area contributed by atoms with Crippen LogP contribution in [-0.4, -0.2) is 17.9 Å². The van der Waals surface area contributed by atoms with Gasteiger partial charge in [0, 0.05) is 18.6 Å². The van der Waals surface area contributed by atoms with Crippen molar-refractivity contribution in [2.24, 2.45) is 0 Å². The first kappa shape index (κ1) is 16.4. The number of non-ortho nitro benzene ring substituents is 1.